The van der Waals surface area contributed by atoms with Crippen molar-refractivity contribution in [1.29, 1.82) is 0 Å². The van der Waals surface area contributed by atoms with Gasteiger partial charge in [0.2, 0.25) is 5.76 Å². The highest BCUT2D eigenvalue weighted by molar-refractivity contribution is 5.86. The van der Waals surface area contributed by atoms with Crippen molar-refractivity contribution in [2.45, 2.75) is 32.9 Å². The number of ether oxygens (including phenoxy) is 1. The monoisotopic (exact) mass is 267 g/mol. The highest BCUT2D eigenvalue weighted by Gasteiger charge is 2.27. The maximum absolute atomic E-state index is 10.9. The number of rotatable bonds is 4. The maximum atomic E-state index is 10.9. The molecule has 2 rings (SSSR count). The zero-order chi connectivity index (χ0) is 14.0. The molecule has 0 aromatic carbocycles. The summed E-state index contributed by atoms with van der Waals surface area (Å²) in [7, 11) is 1.74. The molecule has 0 aliphatic carbocycles. The lowest BCUT2D eigenvalue weighted by Crippen LogP contribution is -2.43. The normalized spacial score (nSPS) is 24.6. The molecule has 1 fully saturated rings. The fraction of sp³-hybridized carbons (Fsp3) is 0.643. The van der Waals surface area contributed by atoms with Crippen molar-refractivity contribution < 1.29 is 19.1 Å². The van der Waals surface area contributed by atoms with E-state index in [9.17, 15) is 4.79 Å². The van der Waals surface area contributed by atoms with Crippen molar-refractivity contribution in [2.75, 3.05) is 20.2 Å². The summed E-state index contributed by atoms with van der Waals surface area (Å²) in [5, 5.41) is 8.97. The largest absolute Gasteiger partial charge is 0.475 e. The number of likely N-dealkylation sites (tertiary alicyclic amines) is 1. The molecule has 1 aliphatic heterocycles. The molecular formula is C14H21NO4. The zero-order valence-corrected chi connectivity index (χ0v) is 11.7. The second-order valence-corrected chi connectivity index (χ2v) is 5.31. The van der Waals surface area contributed by atoms with E-state index >= 15 is 0 Å². The number of carbonyl (C=O) groups is 1. The van der Waals surface area contributed by atoms with Crippen LogP contribution < -0.4 is 0 Å². The van der Waals surface area contributed by atoms with E-state index in [0.717, 1.165) is 19.5 Å². The average molecular weight is 267 g/mol. The van der Waals surface area contributed by atoms with Crippen LogP contribution in [0.1, 0.15) is 35.2 Å². The van der Waals surface area contributed by atoms with Crippen LogP contribution in [0.3, 0.4) is 0 Å². The van der Waals surface area contributed by atoms with Crippen molar-refractivity contribution in [3.8, 4) is 0 Å². The van der Waals surface area contributed by atoms with E-state index in [4.69, 9.17) is 14.3 Å². The summed E-state index contributed by atoms with van der Waals surface area (Å²) < 4.78 is 10.9. The van der Waals surface area contributed by atoms with Gasteiger partial charge in [-0.2, -0.15) is 0 Å². The SMILES string of the molecule is COC1CN(Cc2cc(C)c(C(=O)O)o2)CCC1C. The van der Waals surface area contributed by atoms with Crippen LogP contribution in [0.15, 0.2) is 10.5 Å². The molecule has 2 heterocycles. The Hall–Kier alpha value is -1.33. The lowest BCUT2D eigenvalue weighted by atomic mass is 9.96. The first-order valence-corrected chi connectivity index (χ1v) is 6.59. The van der Waals surface area contributed by atoms with Crippen molar-refractivity contribution in [3.05, 3.63) is 23.2 Å². The maximum Gasteiger partial charge on any atom is 0.372 e. The number of carboxylic acid groups (broad SMARTS) is 1. The summed E-state index contributed by atoms with van der Waals surface area (Å²) in [6, 6.07) is 1.81. The minimum absolute atomic E-state index is 0.0451. The number of nitrogens with zero attached hydrogens (tertiary/aromatic N) is 1. The lowest BCUT2D eigenvalue weighted by molar-refractivity contribution is -0.00929. The molecule has 0 bridgehead atoms. The predicted molar refractivity (Wildman–Crippen MR) is 70.3 cm³/mol. The zero-order valence-electron chi connectivity index (χ0n) is 11.7. The molecule has 1 aliphatic rings. The minimum atomic E-state index is -1.01. The number of aryl methyl sites for hydroxylation is 1. The fourth-order valence-electron chi connectivity index (χ4n) is 2.61. The van der Waals surface area contributed by atoms with Crippen LogP contribution >= 0.6 is 0 Å². The second-order valence-electron chi connectivity index (χ2n) is 5.31. The molecule has 106 valence electrons. The summed E-state index contributed by atoms with van der Waals surface area (Å²) in [5.41, 5.74) is 0.677. The molecular weight excluding hydrogens is 246 g/mol. The summed E-state index contributed by atoms with van der Waals surface area (Å²) in [6.45, 7) is 6.45. The molecule has 0 amide bonds. The van der Waals surface area contributed by atoms with E-state index in [-0.39, 0.29) is 11.9 Å². The van der Waals surface area contributed by atoms with Crippen LogP contribution in [0.4, 0.5) is 0 Å². The number of methoxy groups -OCH3 is 1. The van der Waals surface area contributed by atoms with Crippen LogP contribution in [-0.4, -0.2) is 42.3 Å². The van der Waals surface area contributed by atoms with Crippen molar-refractivity contribution in [2.24, 2.45) is 5.92 Å². The van der Waals surface area contributed by atoms with E-state index in [2.05, 4.69) is 11.8 Å². The molecule has 5 heteroatoms. The van der Waals surface area contributed by atoms with Gasteiger partial charge in [0.05, 0.1) is 12.6 Å². The number of furan rings is 1. The first kappa shape index (κ1) is 14.1. The number of hydrogen-bond acceptors (Lipinski definition) is 4. The molecule has 1 aromatic rings. The van der Waals surface area contributed by atoms with E-state index in [1.54, 1.807) is 14.0 Å². The van der Waals surface area contributed by atoms with Crippen LogP contribution in [0.25, 0.3) is 0 Å². The van der Waals surface area contributed by atoms with Gasteiger partial charge in [-0.1, -0.05) is 6.92 Å². The van der Waals surface area contributed by atoms with Gasteiger partial charge in [-0.15, -0.1) is 0 Å². The third-order valence-electron chi connectivity index (χ3n) is 3.82. The van der Waals surface area contributed by atoms with E-state index in [1.807, 2.05) is 6.07 Å². The van der Waals surface area contributed by atoms with Crippen LogP contribution in [0, 0.1) is 12.8 Å². The summed E-state index contributed by atoms with van der Waals surface area (Å²) in [5.74, 6) is 0.308. The molecule has 1 N–H and O–H groups in total. The Morgan fingerprint density at radius 1 is 1.63 bits per heavy atom. The first-order valence-electron chi connectivity index (χ1n) is 6.59. The number of carboxylic acids is 1. The van der Waals surface area contributed by atoms with E-state index in [1.165, 1.54) is 0 Å². The van der Waals surface area contributed by atoms with Crippen molar-refractivity contribution >= 4 is 5.97 Å². The molecule has 2 unspecified atom stereocenters. The molecule has 1 saturated heterocycles. The number of hydrogen-bond donors (Lipinski definition) is 1. The van der Waals surface area contributed by atoms with Gasteiger partial charge in [0.15, 0.2) is 0 Å². The van der Waals surface area contributed by atoms with Crippen LogP contribution in [0.5, 0.6) is 0 Å². The Balaban J connectivity index is 2.01. The Labute approximate surface area is 113 Å². The Bertz CT molecular complexity index is 454. The molecule has 1 aromatic heterocycles. The minimum Gasteiger partial charge on any atom is -0.475 e. The fourth-order valence-corrected chi connectivity index (χ4v) is 2.61. The van der Waals surface area contributed by atoms with Gasteiger partial charge in [-0.05, 0) is 31.9 Å². The van der Waals surface area contributed by atoms with Crippen molar-refractivity contribution in [1.82, 2.24) is 4.90 Å². The van der Waals surface area contributed by atoms with Gasteiger partial charge in [-0.25, -0.2) is 4.79 Å². The van der Waals surface area contributed by atoms with E-state index in [0.29, 0.717) is 23.8 Å². The highest BCUT2D eigenvalue weighted by Crippen LogP contribution is 2.22. The summed E-state index contributed by atoms with van der Waals surface area (Å²) in [4.78, 5) is 13.2. The Kier molecular flexibility index (Phi) is 4.27. The van der Waals surface area contributed by atoms with Crippen molar-refractivity contribution in [3.63, 3.8) is 0 Å². The third kappa shape index (κ3) is 3.16. The molecule has 0 radical (unpaired) electrons. The molecule has 5 nitrogen and oxygen atoms in total. The van der Waals surface area contributed by atoms with Gasteiger partial charge in [0.25, 0.3) is 0 Å². The van der Waals surface area contributed by atoms with Gasteiger partial charge >= 0.3 is 5.97 Å². The molecule has 0 spiro atoms. The molecule has 19 heavy (non-hydrogen) atoms. The van der Waals surface area contributed by atoms with Gasteiger partial charge in [-0.3, -0.25) is 4.90 Å². The predicted octanol–water partition coefficient (Wildman–Crippen LogP) is 2.14. The summed E-state index contributed by atoms with van der Waals surface area (Å²) >= 11 is 0. The first-order chi connectivity index (χ1) is 9.01. The third-order valence-corrected chi connectivity index (χ3v) is 3.82. The highest BCUT2D eigenvalue weighted by atomic mass is 16.5. The smallest absolute Gasteiger partial charge is 0.372 e. The lowest BCUT2D eigenvalue weighted by Gasteiger charge is -2.35. The number of piperidine rings is 1. The second kappa shape index (κ2) is 5.75. The Morgan fingerprint density at radius 2 is 2.37 bits per heavy atom. The van der Waals surface area contributed by atoms with Gasteiger partial charge in [0, 0.05) is 19.2 Å². The van der Waals surface area contributed by atoms with E-state index < -0.39 is 5.97 Å². The quantitative estimate of drug-likeness (QED) is 0.905. The molecule has 2 atom stereocenters. The van der Waals surface area contributed by atoms with Crippen LogP contribution in [0.2, 0.25) is 0 Å². The topological polar surface area (TPSA) is 62.9 Å². The van der Waals surface area contributed by atoms with Crippen LogP contribution in [-0.2, 0) is 11.3 Å². The molecule has 0 saturated carbocycles. The van der Waals surface area contributed by atoms with Gasteiger partial charge in [0.1, 0.15) is 5.76 Å². The Morgan fingerprint density at radius 3 is 2.95 bits per heavy atom. The standard InChI is InChI=1S/C14H21NO4/c1-9-4-5-15(8-12(9)18-3)7-11-6-10(2)13(19-11)14(16)17/h6,9,12H,4-5,7-8H2,1-3H3,(H,16,17). The van der Waals surface area contributed by atoms with Gasteiger partial charge < -0.3 is 14.3 Å². The summed E-state index contributed by atoms with van der Waals surface area (Å²) in [6.07, 6.45) is 1.33. The number of aromatic carboxylic acids is 1. The average Bonchev–Trinajstić information content (AvgIpc) is 2.73.